The number of nitrogens with zero attached hydrogens (tertiary/aromatic N) is 1. The van der Waals surface area contributed by atoms with Crippen molar-refractivity contribution in [1.82, 2.24) is 5.32 Å². The van der Waals surface area contributed by atoms with Crippen LogP contribution in [0, 0.1) is 0 Å². The number of furan rings is 1. The second kappa shape index (κ2) is 5.77. The topological polar surface area (TPSA) is 63.8 Å². The first kappa shape index (κ1) is 14.4. The number of ether oxygens (including phenoxy) is 1. The third kappa shape index (κ3) is 2.63. The summed E-state index contributed by atoms with van der Waals surface area (Å²) in [5.74, 6) is 0.923. The molecule has 2 aromatic rings. The minimum absolute atomic E-state index is 0.0987. The molecule has 118 valence electrons. The number of nitrogens with one attached hydrogen (secondary N) is 1. The summed E-state index contributed by atoms with van der Waals surface area (Å²) >= 11 is 1.64. The highest BCUT2D eigenvalue weighted by molar-refractivity contribution is 8.14. The number of amides is 1. The summed E-state index contributed by atoms with van der Waals surface area (Å²) in [4.78, 5) is 16.8. The van der Waals surface area contributed by atoms with E-state index in [0.717, 1.165) is 18.6 Å². The van der Waals surface area contributed by atoms with Gasteiger partial charge in [0.15, 0.2) is 10.9 Å². The average Bonchev–Trinajstić information content (AvgIpc) is 3.23. The van der Waals surface area contributed by atoms with Crippen LogP contribution in [0.15, 0.2) is 46.0 Å². The number of aryl methyl sites for hydroxylation is 1. The second-order valence-corrected chi connectivity index (χ2v) is 6.80. The quantitative estimate of drug-likeness (QED) is 0.919. The molecule has 2 aliphatic rings. The Morgan fingerprint density at radius 1 is 1.43 bits per heavy atom. The lowest BCUT2D eigenvalue weighted by atomic mass is 9.87. The summed E-state index contributed by atoms with van der Waals surface area (Å²) in [7, 11) is 1.68. The molecule has 2 unspecified atom stereocenters. The van der Waals surface area contributed by atoms with E-state index in [1.807, 2.05) is 6.07 Å². The lowest BCUT2D eigenvalue weighted by Crippen LogP contribution is -2.27. The van der Waals surface area contributed by atoms with Crippen LogP contribution in [-0.4, -0.2) is 23.4 Å². The zero-order chi connectivity index (χ0) is 15.8. The van der Waals surface area contributed by atoms with E-state index < -0.39 is 0 Å². The van der Waals surface area contributed by atoms with Crippen LogP contribution in [0.4, 0.5) is 0 Å². The molecule has 0 saturated carbocycles. The molecule has 0 radical (unpaired) electrons. The van der Waals surface area contributed by atoms with Gasteiger partial charge in [0.1, 0.15) is 5.75 Å². The van der Waals surface area contributed by atoms with Gasteiger partial charge in [-0.25, -0.2) is 0 Å². The highest BCUT2D eigenvalue weighted by Gasteiger charge is 2.36. The summed E-state index contributed by atoms with van der Waals surface area (Å²) in [6.07, 6.45) is 3.54. The number of benzene rings is 1. The van der Waals surface area contributed by atoms with Crippen LogP contribution >= 0.6 is 11.8 Å². The van der Waals surface area contributed by atoms with E-state index in [1.165, 1.54) is 17.4 Å². The Labute approximate surface area is 138 Å². The predicted octanol–water partition coefficient (Wildman–Crippen LogP) is 3.18. The molecule has 1 aliphatic carbocycles. The first-order chi connectivity index (χ1) is 11.2. The average molecular weight is 328 g/mol. The minimum Gasteiger partial charge on any atom is -0.497 e. The van der Waals surface area contributed by atoms with Crippen LogP contribution in [-0.2, 0) is 6.42 Å². The highest BCUT2D eigenvalue weighted by atomic mass is 32.2. The molecule has 0 bridgehead atoms. The predicted molar refractivity (Wildman–Crippen MR) is 89.0 cm³/mol. The SMILES string of the molecule is COc1ccc2c(c1)CCC1SC(NC(=O)c3ccco3)=NC21. The number of aliphatic imine (C=N–C) groups is 1. The van der Waals surface area contributed by atoms with Crippen molar-refractivity contribution in [2.24, 2.45) is 4.99 Å². The molecular weight excluding hydrogens is 312 g/mol. The van der Waals surface area contributed by atoms with Crippen LogP contribution in [0.1, 0.15) is 34.1 Å². The Morgan fingerprint density at radius 2 is 2.35 bits per heavy atom. The van der Waals surface area contributed by atoms with Crippen molar-refractivity contribution in [3.8, 4) is 5.75 Å². The number of hydrogen-bond donors (Lipinski definition) is 1. The number of carbonyl (C=O) groups is 1. The number of hydrogen-bond acceptors (Lipinski definition) is 5. The number of methoxy groups -OCH3 is 1. The summed E-state index contributed by atoms with van der Waals surface area (Å²) in [5.41, 5.74) is 2.52. The van der Waals surface area contributed by atoms with Crippen molar-refractivity contribution in [1.29, 1.82) is 0 Å². The standard InChI is InChI=1S/C17H16N2O3S/c1-21-11-5-6-12-10(9-11)4-7-14-15(12)18-17(23-14)19-16(20)13-3-2-8-22-13/h2-3,5-6,8-9,14-15H,4,7H2,1H3,(H,18,19,20). The van der Waals surface area contributed by atoms with Gasteiger partial charge >= 0.3 is 0 Å². The Balaban J connectivity index is 1.56. The molecule has 6 heteroatoms. The molecule has 1 amide bonds. The van der Waals surface area contributed by atoms with E-state index in [0.29, 0.717) is 16.2 Å². The van der Waals surface area contributed by atoms with Gasteiger partial charge in [-0.2, -0.15) is 0 Å². The summed E-state index contributed by atoms with van der Waals surface area (Å²) in [6.45, 7) is 0. The lowest BCUT2D eigenvalue weighted by Gasteiger charge is -2.26. The number of fused-ring (bicyclic) bond motifs is 3. The van der Waals surface area contributed by atoms with Crippen molar-refractivity contribution in [3.05, 3.63) is 53.5 Å². The number of amidine groups is 1. The maximum atomic E-state index is 12.1. The molecule has 0 fully saturated rings. The zero-order valence-corrected chi connectivity index (χ0v) is 13.4. The molecule has 0 spiro atoms. The minimum atomic E-state index is -0.255. The van der Waals surface area contributed by atoms with E-state index in [-0.39, 0.29) is 11.9 Å². The fourth-order valence-corrected chi connectivity index (χ4v) is 4.26. The van der Waals surface area contributed by atoms with Crippen molar-refractivity contribution < 1.29 is 13.9 Å². The summed E-state index contributed by atoms with van der Waals surface area (Å²) in [6, 6.07) is 9.59. The van der Waals surface area contributed by atoms with Gasteiger partial charge in [-0.15, -0.1) is 0 Å². The van der Waals surface area contributed by atoms with Crippen LogP contribution in [0.25, 0.3) is 0 Å². The molecule has 1 aromatic heterocycles. The highest BCUT2D eigenvalue weighted by Crippen LogP contribution is 2.45. The Bertz CT molecular complexity index is 770. The fraction of sp³-hybridized carbons (Fsp3) is 0.294. The first-order valence-electron chi connectivity index (χ1n) is 7.51. The van der Waals surface area contributed by atoms with Gasteiger partial charge in [-0.3, -0.25) is 15.1 Å². The summed E-state index contributed by atoms with van der Waals surface area (Å²) < 4.78 is 10.4. The van der Waals surface area contributed by atoms with Crippen LogP contribution in [0.2, 0.25) is 0 Å². The van der Waals surface area contributed by atoms with Gasteiger partial charge in [0.25, 0.3) is 5.91 Å². The third-order valence-electron chi connectivity index (χ3n) is 4.20. The molecular formula is C17H16N2O3S. The first-order valence-corrected chi connectivity index (χ1v) is 8.38. The monoisotopic (exact) mass is 328 g/mol. The fourth-order valence-electron chi connectivity index (χ4n) is 3.07. The molecule has 2 atom stereocenters. The summed E-state index contributed by atoms with van der Waals surface area (Å²) in [5, 5.41) is 3.90. The molecule has 1 N–H and O–H groups in total. The Hall–Kier alpha value is -2.21. The molecule has 1 aliphatic heterocycles. The normalized spacial score (nSPS) is 22.0. The van der Waals surface area contributed by atoms with Gasteiger partial charge in [-0.1, -0.05) is 17.8 Å². The van der Waals surface area contributed by atoms with Crippen molar-refractivity contribution >= 4 is 22.8 Å². The number of thioether (sulfide) groups is 1. The lowest BCUT2D eigenvalue weighted by molar-refractivity contribution is 0.0951. The maximum Gasteiger partial charge on any atom is 0.292 e. The molecule has 1 aromatic carbocycles. The van der Waals surface area contributed by atoms with Gasteiger partial charge in [0, 0.05) is 5.25 Å². The second-order valence-electron chi connectivity index (χ2n) is 5.57. The molecule has 2 heterocycles. The Morgan fingerprint density at radius 3 is 3.13 bits per heavy atom. The van der Waals surface area contributed by atoms with E-state index in [9.17, 15) is 4.79 Å². The van der Waals surface area contributed by atoms with E-state index in [4.69, 9.17) is 14.1 Å². The number of rotatable bonds is 2. The van der Waals surface area contributed by atoms with Gasteiger partial charge in [0.05, 0.1) is 19.4 Å². The molecule has 0 saturated heterocycles. The molecule has 4 rings (SSSR count). The third-order valence-corrected chi connectivity index (χ3v) is 5.43. The Kier molecular flexibility index (Phi) is 3.61. The maximum absolute atomic E-state index is 12.1. The van der Waals surface area contributed by atoms with E-state index >= 15 is 0 Å². The van der Waals surface area contributed by atoms with Gasteiger partial charge in [-0.05, 0) is 48.2 Å². The van der Waals surface area contributed by atoms with Crippen LogP contribution in [0.3, 0.4) is 0 Å². The van der Waals surface area contributed by atoms with Crippen LogP contribution in [0.5, 0.6) is 5.75 Å². The van der Waals surface area contributed by atoms with Crippen molar-refractivity contribution in [2.45, 2.75) is 24.1 Å². The van der Waals surface area contributed by atoms with Gasteiger partial charge < -0.3 is 9.15 Å². The molecule has 23 heavy (non-hydrogen) atoms. The van der Waals surface area contributed by atoms with Crippen molar-refractivity contribution in [2.75, 3.05) is 7.11 Å². The van der Waals surface area contributed by atoms with Gasteiger partial charge in [0.2, 0.25) is 0 Å². The van der Waals surface area contributed by atoms with Crippen molar-refractivity contribution in [3.63, 3.8) is 0 Å². The van der Waals surface area contributed by atoms with Crippen LogP contribution < -0.4 is 10.1 Å². The smallest absolute Gasteiger partial charge is 0.292 e. The zero-order valence-electron chi connectivity index (χ0n) is 12.6. The molecule has 5 nitrogen and oxygen atoms in total. The van der Waals surface area contributed by atoms with E-state index in [1.54, 1.807) is 31.0 Å². The largest absolute Gasteiger partial charge is 0.497 e. The van der Waals surface area contributed by atoms with E-state index in [2.05, 4.69) is 17.4 Å². The number of carbonyl (C=O) groups excluding carboxylic acids is 1.